The second-order valence-corrected chi connectivity index (χ2v) is 7.16. The van der Waals surface area contributed by atoms with E-state index in [1.165, 1.54) is 12.8 Å². The van der Waals surface area contributed by atoms with Crippen molar-refractivity contribution >= 4 is 17.7 Å². The number of hydrogen-bond acceptors (Lipinski definition) is 6. The molecule has 7 nitrogen and oxygen atoms in total. The summed E-state index contributed by atoms with van der Waals surface area (Å²) in [5.41, 5.74) is 10.2. The first-order valence-electron chi connectivity index (χ1n) is 6.93. The van der Waals surface area contributed by atoms with E-state index in [0.717, 1.165) is 18.0 Å². The first kappa shape index (κ1) is 15.2. The Morgan fingerprint density at radius 3 is 2.80 bits per heavy atom. The molecule has 0 saturated heterocycles. The molecule has 0 aromatic carbocycles. The Bertz CT molecular complexity index is 468. The van der Waals surface area contributed by atoms with Crippen molar-refractivity contribution in [1.29, 1.82) is 0 Å². The number of hydrogen-bond donors (Lipinski definition) is 2. The lowest BCUT2D eigenvalue weighted by molar-refractivity contribution is -0.122. The van der Waals surface area contributed by atoms with Crippen LogP contribution in [0.5, 0.6) is 0 Å². The zero-order valence-electron chi connectivity index (χ0n) is 12.0. The fraction of sp³-hybridized carbons (Fsp3) is 0.833. The van der Waals surface area contributed by atoms with E-state index in [1.807, 2.05) is 11.6 Å². The predicted octanol–water partition coefficient (Wildman–Crippen LogP) is 0.862. The molecule has 1 amide bonds. The highest BCUT2D eigenvalue weighted by molar-refractivity contribution is 7.99. The van der Waals surface area contributed by atoms with E-state index in [-0.39, 0.29) is 5.25 Å². The summed E-state index contributed by atoms with van der Waals surface area (Å²) in [4.78, 5) is 11.3. The largest absolute Gasteiger partial charge is 0.368 e. The number of thioether (sulfide) groups is 1. The highest BCUT2D eigenvalue weighted by Crippen LogP contribution is 2.33. The van der Waals surface area contributed by atoms with Crippen molar-refractivity contribution < 1.29 is 4.79 Å². The summed E-state index contributed by atoms with van der Waals surface area (Å²) in [6.45, 7) is 3.67. The molecule has 20 heavy (non-hydrogen) atoms. The van der Waals surface area contributed by atoms with Gasteiger partial charge in [0.1, 0.15) is 0 Å². The molecular formula is C12H22N6OS. The molecule has 2 atom stereocenters. The summed E-state index contributed by atoms with van der Waals surface area (Å²) in [7, 11) is 0. The van der Waals surface area contributed by atoms with Gasteiger partial charge in [-0.1, -0.05) is 31.5 Å². The molecule has 0 aliphatic heterocycles. The van der Waals surface area contributed by atoms with Crippen molar-refractivity contribution in [1.82, 2.24) is 20.2 Å². The molecule has 1 heterocycles. The highest BCUT2D eigenvalue weighted by atomic mass is 32.2. The average Bonchev–Trinajstić information content (AvgIpc) is 2.97. The van der Waals surface area contributed by atoms with Crippen LogP contribution in [0.2, 0.25) is 0 Å². The van der Waals surface area contributed by atoms with Gasteiger partial charge in [0.2, 0.25) is 11.1 Å². The van der Waals surface area contributed by atoms with Crippen molar-refractivity contribution in [2.45, 2.75) is 67.9 Å². The van der Waals surface area contributed by atoms with Crippen molar-refractivity contribution in [2.24, 2.45) is 11.5 Å². The average molecular weight is 298 g/mol. The standard InChI is InChI=1S/C12H22N6OS/c1-8(7-12(2,14)10(13)19)20-11-15-16-17-18(11)9-5-3-4-6-9/h8-9H,3-7,14H2,1-2H3,(H2,13,19). The van der Waals surface area contributed by atoms with Gasteiger partial charge in [0.05, 0.1) is 11.6 Å². The molecule has 0 bridgehead atoms. The first-order valence-corrected chi connectivity index (χ1v) is 7.81. The van der Waals surface area contributed by atoms with E-state index in [2.05, 4.69) is 15.5 Å². The second kappa shape index (κ2) is 6.09. The van der Waals surface area contributed by atoms with Crippen molar-refractivity contribution in [2.75, 3.05) is 0 Å². The van der Waals surface area contributed by atoms with E-state index in [4.69, 9.17) is 11.5 Å². The molecule has 1 aromatic heterocycles. The van der Waals surface area contributed by atoms with Gasteiger partial charge in [-0.25, -0.2) is 4.68 Å². The van der Waals surface area contributed by atoms with Crippen LogP contribution in [0.4, 0.5) is 0 Å². The molecule has 4 N–H and O–H groups in total. The van der Waals surface area contributed by atoms with Crippen LogP contribution >= 0.6 is 11.8 Å². The minimum absolute atomic E-state index is 0.114. The van der Waals surface area contributed by atoms with Crippen LogP contribution in [-0.4, -0.2) is 36.9 Å². The normalized spacial score (nSPS) is 20.8. The lowest BCUT2D eigenvalue weighted by Gasteiger charge is -2.24. The molecule has 1 fully saturated rings. The lowest BCUT2D eigenvalue weighted by Crippen LogP contribution is -2.50. The van der Waals surface area contributed by atoms with Crippen LogP contribution in [0.3, 0.4) is 0 Å². The predicted molar refractivity (Wildman–Crippen MR) is 77.0 cm³/mol. The third kappa shape index (κ3) is 3.49. The van der Waals surface area contributed by atoms with E-state index in [1.54, 1.807) is 18.7 Å². The Labute approximate surface area is 122 Å². The minimum Gasteiger partial charge on any atom is -0.368 e. The van der Waals surface area contributed by atoms with Crippen LogP contribution in [0.1, 0.15) is 52.0 Å². The zero-order valence-corrected chi connectivity index (χ0v) is 12.8. The summed E-state index contributed by atoms with van der Waals surface area (Å²) < 4.78 is 1.91. The third-order valence-corrected chi connectivity index (χ3v) is 4.76. The maximum absolute atomic E-state index is 11.3. The number of nitrogens with zero attached hydrogens (tertiary/aromatic N) is 4. The second-order valence-electron chi connectivity index (χ2n) is 5.76. The molecule has 0 spiro atoms. The van der Waals surface area contributed by atoms with E-state index in [0.29, 0.717) is 12.5 Å². The summed E-state index contributed by atoms with van der Waals surface area (Å²) in [6.07, 6.45) is 5.20. The van der Waals surface area contributed by atoms with Crippen LogP contribution < -0.4 is 11.5 Å². The van der Waals surface area contributed by atoms with Gasteiger partial charge in [-0.3, -0.25) is 4.79 Å². The maximum Gasteiger partial charge on any atom is 0.237 e. The van der Waals surface area contributed by atoms with Gasteiger partial charge in [0, 0.05) is 5.25 Å². The Balaban J connectivity index is 1.99. The number of aromatic nitrogens is 4. The smallest absolute Gasteiger partial charge is 0.237 e. The van der Waals surface area contributed by atoms with Crippen LogP contribution in [0, 0.1) is 0 Å². The summed E-state index contributed by atoms with van der Waals surface area (Å²) in [5, 5.41) is 12.9. The SMILES string of the molecule is CC(CC(C)(N)C(N)=O)Sc1nnnn1C1CCCC1. The van der Waals surface area contributed by atoms with Gasteiger partial charge in [-0.2, -0.15) is 0 Å². The molecule has 1 aromatic rings. The number of carbonyl (C=O) groups is 1. The Hall–Kier alpha value is -1.15. The quantitative estimate of drug-likeness (QED) is 0.753. The number of primary amides is 1. The van der Waals surface area contributed by atoms with Gasteiger partial charge in [0.25, 0.3) is 0 Å². The molecule has 1 aliphatic carbocycles. The van der Waals surface area contributed by atoms with Gasteiger partial charge in [-0.05, 0) is 36.6 Å². The molecular weight excluding hydrogens is 276 g/mol. The molecule has 1 saturated carbocycles. The van der Waals surface area contributed by atoms with Crippen molar-refractivity contribution in [3.8, 4) is 0 Å². The van der Waals surface area contributed by atoms with E-state index < -0.39 is 11.4 Å². The molecule has 2 unspecified atom stereocenters. The van der Waals surface area contributed by atoms with Gasteiger partial charge < -0.3 is 11.5 Å². The topological polar surface area (TPSA) is 113 Å². The van der Waals surface area contributed by atoms with E-state index >= 15 is 0 Å². The van der Waals surface area contributed by atoms with Gasteiger partial charge >= 0.3 is 0 Å². The Kier molecular flexibility index (Phi) is 4.64. The number of rotatable bonds is 6. The maximum atomic E-state index is 11.3. The van der Waals surface area contributed by atoms with Gasteiger partial charge in [0.15, 0.2) is 0 Å². The molecule has 0 radical (unpaired) electrons. The first-order chi connectivity index (χ1) is 9.40. The molecule has 8 heteroatoms. The molecule has 112 valence electrons. The number of amides is 1. The summed E-state index contributed by atoms with van der Waals surface area (Å²) in [5.74, 6) is -0.486. The Morgan fingerprint density at radius 2 is 2.20 bits per heavy atom. The van der Waals surface area contributed by atoms with E-state index in [9.17, 15) is 4.79 Å². The van der Waals surface area contributed by atoms with Crippen LogP contribution in [-0.2, 0) is 4.79 Å². The Morgan fingerprint density at radius 1 is 1.55 bits per heavy atom. The van der Waals surface area contributed by atoms with Gasteiger partial charge in [-0.15, -0.1) is 5.10 Å². The van der Waals surface area contributed by atoms with Crippen LogP contribution in [0.25, 0.3) is 0 Å². The third-order valence-electron chi connectivity index (χ3n) is 3.71. The number of carbonyl (C=O) groups excluding carboxylic acids is 1. The minimum atomic E-state index is -1.00. The summed E-state index contributed by atoms with van der Waals surface area (Å²) >= 11 is 1.55. The lowest BCUT2D eigenvalue weighted by atomic mass is 9.97. The highest BCUT2D eigenvalue weighted by Gasteiger charge is 2.30. The fourth-order valence-electron chi connectivity index (χ4n) is 2.56. The van der Waals surface area contributed by atoms with Crippen molar-refractivity contribution in [3.05, 3.63) is 0 Å². The number of nitrogens with two attached hydrogens (primary N) is 2. The molecule has 1 aliphatic rings. The fourth-order valence-corrected chi connectivity index (χ4v) is 3.73. The van der Waals surface area contributed by atoms with Crippen LogP contribution in [0.15, 0.2) is 5.16 Å². The number of tetrazole rings is 1. The monoisotopic (exact) mass is 298 g/mol. The van der Waals surface area contributed by atoms with Crippen molar-refractivity contribution in [3.63, 3.8) is 0 Å². The summed E-state index contributed by atoms with van der Waals surface area (Å²) in [6, 6.07) is 0.403. The molecule has 2 rings (SSSR count). The zero-order chi connectivity index (χ0) is 14.8.